The zero-order valence-electron chi connectivity index (χ0n) is 4.18. The summed E-state index contributed by atoms with van der Waals surface area (Å²) in [7, 11) is 1.75. The van der Waals surface area contributed by atoms with Crippen molar-refractivity contribution in [1.29, 1.82) is 0 Å². The van der Waals surface area contributed by atoms with Crippen LogP contribution in [0.1, 0.15) is 6.42 Å². The van der Waals surface area contributed by atoms with Crippen molar-refractivity contribution in [2.24, 2.45) is 10.1 Å². The van der Waals surface area contributed by atoms with Crippen molar-refractivity contribution in [3.05, 3.63) is 0 Å². The lowest BCUT2D eigenvalue weighted by Crippen LogP contribution is -2.09. The van der Waals surface area contributed by atoms with Gasteiger partial charge in [-0.3, -0.25) is 10.4 Å². The van der Waals surface area contributed by atoms with Gasteiger partial charge in [0.25, 0.3) is 0 Å². The smallest absolute Gasteiger partial charge is 0.122 e. The molecule has 1 aliphatic rings. The molecule has 0 aromatic rings. The van der Waals surface area contributed by atoms with E-state index in [0.29, 0.717) is 0 Å². The van der Waals surface area contributed by atoms with Crippen LogP contribution in [0.4, 0.5) is 0 Å². The number of nitrogens with one attached hydrogen (secondary N) is 1. The summed E-state index contributed by atoms with van der Waals surface area (Å²) in [5.74, 6) is 0.944. The van der Waals surface area contributed by atoms with Gasteiger partial charge >= 0.3 is 0 Å². The molecule has 7 heavy (non-hydrogen) atoms. The van der Waals surface area contributed by atoms with Crippen molar-refractivity contribution in [2.75, 3.05) is 7.05 Å². The third kappa shape index (κ3) is 0.765. The van der Waals surface area contributed by atoms with Crippen molar-refractivity contribution in [3.63, 3.8) is 0 Å². The largest absolute Gasteiger partial charge is 0.274 e. The summed E-state index contributed by atoms with van der Waals surface area (Å²) in [6.45, 7) is 0. The lowest BCUT2D eigenvalue weighted by Gasteiger charge is -1.87. The van der Waals surface area contributed by atoms with E-state index < -0.39 is 0 Å². The van der Waals surface area contributed by atoms with E-state index in [-0.39, 0.29) is 0 Å². The molecule has 38 valence electrons. The Morgan fingerprint density at radius 2 is 2.86 bits per heavy atom. The summed E-state index contributed by atoms with van der Waals surface area (Å²) in [6, 6.07) is 0. The summed E-state index contributed by atoms with van der Waals surface area (Å²) >= 11 is 0. The van der Waals surface area contributed by atoms with E-state index in [4.69, 9.17) is 0 Å². The van der Waals surface area contributed by atoms with Gasteiger partial charge in [0, 0.05) is 19.7 Å². The molecule has 3 nitrogen and oxygen atoms in total. The second-order valence-electron chi connectivity index (χ2n) is 1.30. The maximum atomic E-state index is 3.87. The van der Waals surface area contributed by atoms with Crippen molar-refractivity contribution >= 4 is 12.1 Å². The molecule has 0 bridgehead atoms. The molecule has 0 aliphatic carbocycles. The van der Waals surface area contributed by atoms with Gasteiger partial charge in [-0.1, -0.05) is 0 Å². The van der Waals surface area contributed by atoms with Crippen LogP contribution in [0.5, 0.6) is 0 Å². The Balaban J connectivity index is 2.51. The molecule has 0 radical (unpaired) electrons. The highest BCUT2D eigenvalue weighted by molar-refractivity contribution is 5.97. The summed E-state index contributed by atoms with van der Waals surface area (Å²) in [6.07, 6.45) is 2.65. The zero-order chi connectivity index (χ0) is 5.11. The molecule has 0 amide bonds. The van der Waals surface area contributed by atoms with E-state index >= 15 is 0 Å². The number of amidine groups is 1. The van der Waals surface area contributed by atoms with Gasteiger partial charge in [0.1, 0.15) is 5.84 Å². The van der Waals surface area contributed by atoms with Crippen molar-refractivity contribution in [1.82, 2.24) is 5.43 Å². The van der Waals surface area contributed by atoms with Gasteiger partial charge in [-0.05, 0) is 0 Å². The maximum absolute atomic E-state index is 3.87. The second-order valence-corrected chi connectivity index (χ2v) is 1.30. The van der Waals surface area contributed by atoms with Gasteiger partial charge in [-0.25, -0.2) is 0 Å². The average Bonchev–Trinajstić information content (AvgIpc) is 2.14. The Morgan fingerprint density at radius 3 is 3.14 bits per heavy atom. The predicted molar refractivity (Wildman–Crippen MR) is 29.6 cm³/mol. The average molecular weight is 97.1 g/mol. The summed E-state index contributed by atoms with van der Waals surface area (Å²) in [5.41, 5.74) is 2.73. The van der Waals surface area contributed by atoms with E-state index in [1.165, 1.54) is 0 Å². The molecule has 0 saturated heterocycles. The van der Waals surface area contributed by atoms with Crippen LogP contribution in [-0.2, 0) is 0 Å². The molecule has 0 fully saturated rings. The highest BCUT2D eigenvalue weighted by atomic mass is 15.3. The molecule has 0 unspecified atom stereocenters. The minimum Gasteiger partial charge on any atom is -0.274 e. The molecule has 1 rings (SSSR count). The lowest BCUT2D eigenvalue weighted by molar-refractivity contribution is 1.05. The number of rotatable bonds is 0. The fraction of sp³-hybridized carbons (Fsp3) is 0.500. The molecule has 1 heterocycles. The fourth-order valence-electron chi connectivity index (χ4n) is 0.439. The van der Waals surface area contributed by atoms with Crippen LogP contribution >= 0.6 is 0 Å². The van der Waals surface area contributed by atoms with Crippen LogP contribution in [0.2, 0.25) is 0 Å². The minimum atomic E-state index is 0.858. The van der Waals surface area contributed by atoms with E-state index in [1.54, 1.807) is 13.3 Å². The van der Waals surface area contributed by atoms with Gasteiger partial charge in [-0.2, -0.15) is 5.10 Å². The third-order valence-corrected chi connectivity index (χ3v) is 0.839. The predicted octanol–water partition coefficient (Wildman–Crippen LogP) is -0.00620. The zero-order valence-corrected chi connectivity index (χ0v) is 4.18. The molecule has 0 saturated carbocycles. The van der Waals surface area contributed by atoms with Gasteiger partial charge in [0.05, 0.1) is 0 Å². The number of hydrogen-bond acceptors (Lipinski definition) is 2. The molecule has 0 aromatic carbocycles. The first-order valence-electron chi connectivity index (χ1n) is 2.16. The fourth-order valence-corrected chi connectivity index (χ4v) is 0.439. The topological polar surface area (TPSA) is 36.8 Å². The van der Waals surface area contributed by atoms with Crippen LogP contribution in [0.15, 0.2) is 10.1 Å². The van der Waals surface area contributed by atoms with Crippen LogP contribution in [-0.4, -0.2) is 19.1 Å². The molecule has 0 aromatic heterocycles. The Morgan fingerprint density at radius 1 is 2.00 bits per heavy atom. The number of nitrogens with zero attached hydrogens (tertiary/aromatic N) is 2. The molecular formula is C4H7N3. The first-order valence-corrected chi connectivity index (χ1v) is 2.16. The monoisotopic (exact) mass is 97.1 g/mol. The standard InChI is InChI=1S/C4H7N3/c1-5-4-2-3-6-7-4/h3H,2H2,1H3,(H,5,7). The molecule has 1 N–H and O–H groups in total. The molecular weight excluding hydrogens is 90.1 g/mol. The van der Waals surface area contributed by atoms with Crippen LogP contribution < -0.4 is 5.43 Å². The van der Waals surface area contributed by atoms with E-state index in [0.717, 1.165) is 12.3 Å². The highest BCUT2D eigenvalue weighted by Gasteiger charge is 1.96. The van der Waals surface area contributed by atoms with E-state index in [9.17, 15) is 0 Å². The lowest BCUT2D eigenvalue weighted by atomic mass is 10.5. The van der Waals surface area contributed by atoms with E-state index in [2.05, 4.69) is 15.5 Å². The highest BCUT2D eigenvalue weighted by Crippen LogP contribution is 1.84. The van der Waals surface area contributed by atoms with Crippen LogP contribution in [0.25, 0.3) is 0 Å². The molecule has 0 atom stereocenters. The first-order chi connectivity index (χ1) is 3.43. The number of aliphatic imine (C=N–C) groups is 1. The minimum absolute atomic E-state index is 0.858. The Hall–Kier alpha value is -0.860. The first kappa shape index (κ1) is 4.30. The second kappa shape index (κ2) is 1.73. The van der Waals surface area contributed by atoms with Crippen LogP contribution in [0, 0.1) is 0 Å². The molecule has 1 aliphatic heterocycles. The maximum Gasteiger partial charge on any atom is 0.122 e. The summed E-state index contributed by atoms with van der Waals surface area (Å²) in [4.78, 5) is 3.87. The van der Waals surface area contributed by atoms with Crippen LogP contribution in [0.3, 0.4) is 0 Å². The summed E-state index contributed by atoms with van der Waals surface area (Å²) in [5, 5.41) is 3.73. The Bertz CT molecular complexity index is 104. The number of hydrogen-bond donors (Lipinski definition) is 1. The summed E-state index contributed by atoms with van der Waals surface area (Å²) < 4.78 is 0. The van der Waals surface area contributed by atoms with E-state index in [1.807, 2.05) is 0 Å². The molecule has 0 spiro atoms. The van der Waals surface area contributed by atoms with Gasteiger partial charge in [0.2, 0.25) is 0 Å². The third-order valence-electron chi connectivity index (χ3n) is 0.839. The SMILES string of the molecule is CN=C1CC=NN1. The Labute approximate surface area is 42.1 Å². The normalized spacial score (nSPS) is 23.3. The van der Waals surface area contributed by atoms with Gasteiger partial charge in [0.15, 0.2) is 0 Å². The Kier molecular flexibility index (Phi) is 1.06. The quantitative estimate of drug-likeness (QED) is 0.453. The van der Waals surface area contributed by atoms with Crippen molar-refractivity contribution < 1.29 is 0 Å². The number of hydrazone groups is 1. The van der Waals surface area contributed by atoms with Gasteiger partial charge < -0.3 is 0 Å². The van der Waals surface area contributed by atoms with Crippen molar-refractivity contribution in [3.8, 4) is 0 Å². The van der Waals surface area contributed by atoms with Gasteiger partial charge in [-0.15, -0.1) is 0 Å². The van der Waals surface area contributed by atoms with Crippen molar-refractivity contribution in [2.45, 2.75) is 6.42 Å². The molecule has 3 heteroatoms.